The fraction of sp³-hybridized carbons (Fsp3) is 0.319. The van der Waals surface area contributed by atoms with Crippen molar-refractivity contribution in [1.82, 2.24) is 14.6 Å². The number of ether oxygens (including phenoxy) is 2. The van der Waals surface area contributed by atoms with E-state index in [1.807, 2.05) is 86.6 Å². The summed E-state index contributed by atoms with van der Waals surface area (Å²) >= 11 is -1.96. The number of nitrogens with one attached hydrogen (secondary N) is 2. The molecule has 314 valence electrons. The Labute approximate surface area is 358 Å². The minimum atomic E-state index is -1.96. The number of nitrogens with zero attached hydrogens (tertiary/aromatic N) is 5. The van der Waals surface area contributed by atoms with E-state index in [9.17, 15) is 13.8 Å². The average molecular weight is 840 g/mol. The molecule has 6 aromatic rings. The molecule has 2 aromatic heterocycles. The van der Waals surface area contributed by atoms with Crippen molar-refractivity contribution in [2.45, 2.75) is 66.4 Å². The van der Waals surface area contributed by atoms with Crippen molar-refractivity contribution in [2.75, 3.05) is 27.6 Å². The van der Waals surface area contributed by atoms with Gasteiger partial charge < -0.3 is 18.6 Å². The van der Waals surface area contributed by atoms with Crippen LogP contribution in [-0.4, -0.2) is 50.1 Å². The van der Waals surface area contributed by atoms with E-state index in [4.69, 9.17) is 25.2 Å². The van der Waals surface area contributed by atoms with Gasteiger partial charge in [-0.3, -0.25) is 9.82 Å². The first kappa shape index (κ1) is 41.2. The number of carbonyl (C=O) groups is 2. The number of rotatable bonds is 11. The van der Waals surface area contributed by atoms with Gasteiger partial charge in [-0.1, -0.05) is 69.3 Å². The van der Waals surface area contributed by atoms with Gasteiger partial charge in [0.05, 0.1) is 29.3 Å². The van der Waals surface area contributed by atoms with Gasteiger partial charge in [0.1, 0.15) is 17.4 Å². The number of hydrogen-bond donors (Lipinski definition) is 2. The molecule has 1 aliphatic carbocycles. The third-order valence-corrected chi connectivity index (χ3v) is 12.3. The van der Waals surface area contributed by atoms with E-state index in [2.05, 4.69) is 40.3 Å². The average Bonchev–Trinajstić information content (AvgIpc) is 3.99. The summed E-state index contributed by atoms with van der Waals surface area (Å²) in [5.74, 6) is 0.544. The van der Waals surface area contributed by atoms with Crippen molar-refractivity contribution in [1.29, 1.82) is 0 Å². The Hall–Kier alpha value is -6.59. The SMILES string of the molecule is [C-]#[N+]c1c(C(=O)OC2C(C)CC(C)CC2C)c2nc(-c3ccc(N4CCCC4)c(NS(=O)Oc4cc(C)ccc4C)c3)[nH]n2c1OC(=O)N(c1ccccc1)c1ccccc1. The quantitative estimate of drug-likeness (QED) is 0.0973. The Morgan fingerprint density at radius 1 is 0.902 bits per heavy atom. The van der Waals surface area contributed by atoms with Crippen LogP contribution in [0.2, 0.25) is 0 Å². The Kier molecular flexibility index (Phi) is 11.8. The van der Waals surface area contributed by atoms with E-state index < -0.39 is 23.3 Å². The fourth-order valence-electron chi connectivity index (χ4n) is 8.73. The van der Waals surface area contributed by atoms with E-state index in [1.165, 1.54) is 9.42 Å². The van der Waals surface area contributed by atoms with Gasteiger partial charge in [0, 0.05) is 18.7 Å². The lowest BCUT2D eigenvalue weighted by molar-refractivity contribution is -0.0249. The van der Waals surface area contributed by atoms with E-state index in [1.54, 1.807) is 24.3 Å². The van der Waals surface area contributed by atoms with Crippen LogP contribution in [0.4, 0.5) is 33.2 Å². The van der Waals surface area contributed by atoms with Crippen LogP contribution in [0.15, 0.2) is 97.1 Å². The molecule has 14 heteroatoms. The van der Waals surface area contributed by atoms with Gasteiger partial charge >= 0.3 is 23.3 Å². The monoisotopic (exact) mass is 839 g/mol. The maximum absolute atomic E-state index is 14.4. The number of hydrogen-bond acceptors (Lipinski definition) is 8. The summed E-state index contributed by atoms with van der Waals surface area (Å²) in [6, 6.07) is 29.4. The molecule has 61 heavy (non-hydrogen) atoms. The van der Waals surface area contributed by atoms with E-state index in [0.717, 1.165) is 55.6 Å². The first-order chi connectivity index (χ1) is 29.5. The normalized spacial score (nSPS) is 19.2. The molecule has 13 nitrogen and oxygen atoms in total. The van der Waals surface area contributed by atoms with Gasteiger partial charge in [-0.15, -0.1) is 0 Å². The molecule has 8 rings (SSSR count). The highest BCUT2D eigenvalue weighted by Crippen LogP contribution is 2.42. The highest BCUT2D eigenvalue weighted by atomic mass is 32.2. The first-order valence-corrected chi connectivity index (χ1v) is 21.7. The number of aromatic nitrogens is 3. The van der Waals surface area contributed by atoms with Crippen molar-refractivity contribution in [3.8, 4) is 23.0 Å². The summed E-state index contributed by atoms with van der Waals surface area (Å²) < 4.78 is 36.3. The molecule has 1 saturated carbocycles. The molecule has 2 aliphatic rings. The number of esters is 1. The molecular weight excluding hydrogens is 791 g/mol. The second-order valence-electron chi connectivity index (χ2n) is 16.3. The summed E-state index contributed by atoms with van der Waals surface area (Å²) in [6.07, 6.45) is 2.66. The molecule has 0 bridgehead atoms. The molecule has 2 N–H and O–H groups in total. The van der Waals surface area contributed by atoms with Crippen LogP contribution in [0.25, 0.3) is 21.9 Å². The Morgan fingerprint density at radius 2 is 1.56 bits per heavy atom. The zero-order valence-electron chi connectivity index (χ0n) is 34.9. The molecule has 0 radical (unpaired) electrons. The number of aromatic amines is 1. The number of carbonyl (C=O) groups excluding carboxylic acids is 2. The van der Waals surface area contributed by atoms with Crippen LogP contribution in [0.1, 0.15) is 67.9 Å². The topological polar surface area (TPSA) is 135 Å². The standard InChI is InChI=1S/C47H49N7O6S/c1-29-19-20-31(3)39(27-29)60-61(57)51-37-28-34(21-22-38(37)52-23-13-14-24-52)43-49-44-40(46(55)58-42-32(4)25-30(2)26-33(42)5)41(48-6)45(54(44)50-43)59-47(56)53(35-15-9-7-10-16-35)36-17-11-8-12-18-36/h7-12,15-22,27-28,30,32-33,42,51H,13-14,23-26H2,1-5H3,(H,49,50). The summed E-state index contributed by atoms with van der Waals surface area (Å²) in [6.45, 7) is 20.2. The summed E-state index contributed by atoms with van der Waals surface area (Å²) in [4.78, 5) is 41.1. The number of amides is 1. The maximum atomic E-state index is 14.4. The lowest BCUT2D eigenvalue weighted by Crippen LogP contribution is -2.37. The Bertz CT molecular complexity index is 2580. The molecule has 3 atom stereocenters. The Balaban J connectivity index is 1.21. The fourth-order valence-corrected chi connectivity index (χ4v) is 9.46. The van der Waals surface area contributed by atoms with Crippen LogP contribution in [0, 0.1) is 38.2 Å². The summed E-state index contributed by atoms with van der Waals surface area (Å²) in [7, 11) is 0. The minimum Gasteiger partial charge on any atom is -0.459 e. The van der Waals surface area contributed by atoms with Crippen molar-refractivity contribution in [3.05, 3.63) is 125 Å². The van der Waals surface area contributed by atoms with Gasteiger partial charge in [-0.05, 0) is 117 Å². The number of anilines is 4. The minimum absolute atomic E-state index is 0.0595. The number of aryl methyl sites for hydroxylation is 2. The largest absolute Gasteiger partial charge is 0.459 e. The van der Waals surface area contributed by atoms with Crippen LogP contribution in [-0.2, 0) is 16.0 Å². The predicted octanol–water partition coefficient (Wildman–Crippen LogP) is 10.7. The van der Waals surface area contributed by atoms with Crippen LogP contribution in [0.5, 0.6) is 11.6 Å². The maximum Gasteiger partial charge on any atom is 0.424 e. The lowest BCUT2D eigenvalue weighted by atomic mass is 9.75. The number of H-pyrrole nitrogens is 1. The molecular formula is C47H49N7O6S. The second kappa shape index (κ2) is 17.6. The molecule has 3 unspecified atom stereocenters. The molecule has 4 aromatic carbocycles. The van der Waals surface area contributed by atoms with Gasteiger partial charge in [-0.2, -0.15) is 4.21 Å². The highest BCUT2D eigenvalue weighted by Gasteiger charge is 2.38. The molecule has 2 fully saturated rings. The van der Waals surface area contributed by atoms with Crippen LogP contribution >= 0.6 is 0 Å². The van der Waals surface area contributed by atoms with Gasteiger partial charge in [0.15, 0.2) is 11.5 Å². The van der Waals surface area contributed by atoms with Gasteiger partial charge in [0.2, 0.25) is 5.88 Å². The van der Waals surface area contributed by atoms with Gasteiger partial charge in [-0.25, -0.2) is 28.8 Å². The molecule has 1 aliphatic heterocycles. The van der Waals surface area contributed by atoms with E-state index in [-0.39, 0.29) is 40.7 Å². The van der Waals surface area contributed by atoms with E-state index >= 15 is 0 Å². The zero-order chi connectivity index (χ0) is 42.8. The van der Waals surface area contributed by atoms with Crippen molar-refractivity contribution in [3.63, 3.8) is 0 Å². The van der Waals surface area contributed by atoms with Crippen molar-refractivity contribution in [2.24, 2.45) is 17.8 Å². The van der Waals surface area contributed by atoms with Crippen molar-refractivity contribution >= 4 is 57.4 Å². The lowest BCUT2D eigenvalue weighted by Gasteiger charge is -2.37. The third-order valence-electron chi connectivity index (χ3n) is 11.6. The van der Waals surface area contributed by atoms with Crippen LogP contribution < -0.4 is 23.4 Å². The predicted molar refractivity (Wildman–Crippen MR) is 238 cm³/mol. The smallest absolute Gasteiger partial charge is 0.424 e. The second-order valence-corrected chi connectivity index (χ2v) is 17.1. The molecule has 3 heterocycles. The summed E-state index contributed by atoms with van der Waals surface area (Å²) in [5, 5.41) is 3.21. The zero-order valence-corrected chi connectivity index (χ0v) is 35.7. The molecule has 0 spiro atoms. The van der Waals surface area contributed by atoms with Crippen molar-refractivity contribution < 1.29 is 27.5 Å². The Morgan fingerprint density at radius 3 is 2.20 bits per heavy atom. The summed E-state index contributed by atoms with van der Waals surface area (Å²) in [5.41, 5.74) is 4.60. The number of para-hydroxylation sites is 2. The number of benzene rings is 4. The first-order valence-electron chi connectivity index (χ1n) is 20.7. The van der Waals surface area contributed by atoms with Gasteiger partial charge in [0.25, 0.3) is 5.69 Å². The number of fused-ring (bicyclic) bond motifs is 1. The molecule has 1 amide bonds. The van der Waals surface area contributed by atoms with E-state index in [0.29, 0.717) is 40.1 Å². The molecule has 1 saturated heterocycles. The van der Waals surface area contributed by atoms with Crippen LogP contribution in [0.3, 0.4) is 0 Å². The highest BCUT2D eigenvalue weighted by molar-refractivity contribution is 7.82. The third kappa shape index (κ3) is 8.56.